The Labute approximate surface area is 117 Å². The van der Waals surface area contributed by atoms with Gasteiger partial charge in [-0.1, -0.05) is 34.1 Å². The lowest BCUT2D eigenvalue weighted by atomic mass is 10.1. The molecule has 4 nitrogen and oxygen atoms in total. The first-order chi connectivity index (χ1) is 8.79. The number of ether oxygens (including phenoxy) is 2. The van der Waals surface area contributed by atoms with Crippen molar-refractivity contribution in [3.63, 3.8) is 0 Å². The maximum absolute atomic E-state index is 5.82. The van der Waals surface area contributed by atoms with E-state index >= 15 is 0 Å². The summed E-state index contributed by atoms with van der Waals surface area (Å²) in [7, 11) is 0. The van der Waals surface area contributed by atoms with Crippen molar-refractivity contribution in [2.45, 2.75) is 12.5 Å². The summed E-state index contributed by atoms with van der Waals surface area (Å²) in [6.07, 6.45) is 0.761. The normalized spacial score (nSPS) is 12.6. The van der Waals surface area contributed by atoms with Gasteiger partial charge in [0, 0.05) is 17.6 Å². The standard InChI is InChI=1S/C13H21BrN2O2/c14-12-5-2-1-4-11(12)13(10-17-9-7-16)18-8-3-6-15/h1-2,4-5,13H,3,6-10,15-16H2. The molecule has 0 aliphatic carbocycles. The van der Waals surface area contributed by atoms with Crippen LogP contribution in [0.15, 0.2) is 28.7 Å². The molecule has 1 aromatic rings. The molecular weight excluding hydrogens is 296 g/mol. The number of nitrogens with two attached hydrogens (primary N) is 2. The Hall–Kier alpha value is -0.460. The van der Waals surface area contributed by atoms with Crippen LogP contribution in [0.2, 0.25) is 0 Å². The number of benzene rings is 1. The minimum absolute atomic E-state index is 0.0846. The molecule has 0 saturated heterocycles. The molecule has 0 fully saturated rings. The van der Waals surface area contributed by atoms with E-state index in [-0.39, 0.29) is 6.10 Å². The smallest absolute Gasteiger partial charge is 0.107 e. The van der Waals surface area contributed by atoms with Crippen LogP contribution >= 0.6 is 15.9 Å². The van der Waals surface area contributed by atoms with Gasteiger partial charge in [0.15, 0.2) is 0 Å². The Bertz CT molecular complexity index is 327. The summed E-state index contributed by atoms with van der Waals surface area (Å²) in [5.41, 5.74) is 12.0. The summed E-state index contributed by atoms with van der Waals surface area (Å²) >= 11 is 3.53. The first-order valence-electron chi connectivity index (χ1n) is 6.13. The summed E-state index contributed by atoms with van der Waals surface area (Å²) in [5.74, 6) is 0. The molecule has 1 rings (SSSR count). The summed E-state index contributed by atoms with van der Waals surface area (Å²) in [6.45, 7) is 2.83. The topological polar surface area (TPSA) is 70.5 Å². The molecule has 1 aromatic carbocycles. The second-order valence-corrected chi connectivity index (χ2v) is 4.74. The molecule has 102 valence electrons. The van der Waals surface area contributed by atoms with E-state index in [1.165, 1.54) is 0 Å². The Morgan fingerprint density at radius 3 is 2.56 bits per heavy atom. The quantitative estimate of drug-likeness (QED) is 0.682. The molecule has 0 amide bonds. The van der Waals surface area contributed by atoms with Crippen molar-refractivity contribution in [3.05, 3.63) is 34.3 Å². The molecular formula is C13H21BrN2O2. The van der Waals surface area contributed by atoms with Crippen LogP contribution in [-0.2, 0) is 9.47 Å². The van der Waals surface area contributed by atoms with Gasteiger partial charge < -0.3 is 20.9 Å². The van der Waals surface area contributed by atoms with Crippen molar-refractivity contribution in [1.29, 1.82) is 0 Å². The predicted molar refractivity (Wildman–Crippen MR) is 76.4 cm³/mol. The van der Waals surface area contributed by atoms with E-state index in [0.29, 0.717) is 32.9 Å². The van der Waals surface area contributed by atoms with E-state index < -0.39 is 0 Å². The van der Waals surface area contributed by atoms with Crippen LogP contribution in [0.5, 0.6) is 0 Å². The number of hydrogen-bond acceptors (Lipinski definition) is 4. The van der Waals surface area contributed by atoms with E-state index in [2.05, 4.69) is 15.9 Å². The lowest BCUT2D eigenvalue weighted by Crippen LogP contribution is -2.17. The fourth-order valence-corrected chi connectivity index (χ4v) is 2.09. The molecule has 0 aliphatic heterocycles. The van der Waals surface area contributed by atoms with Crippen molar-refractivity contribution in [1.82, 2.24) is 0 Å². The summed E-state index contributed by atoms with van der Waals surface area (Å²) in [5, 5.41) is 0. The van der Waals surface area contributed by atoms with Gasteiger partial charge in [-0.25, -0.2) is 0 Å². The van der Waals surface area contributed by atoms with E-state index in [9.17, 15) is 0 Å². The van der Waals surface area contributed by atoms with Gasteiger partial charge in [0.1, 0.15) is 6.10 Å². The number of halogens is 1. The molecule has 1 atom stereocenters. The molecule has 0 bridgehead atoms. The van der Waals surface area contributed by atoms with Crippen LogP contribution in [0.25, 0.3) is 0 Å². The van der Waals surface area contributed by atoms with Crippen LogP contribution in [0.3, 0.4) is 0 Å². The molecule has 0 heterocycles. The van der Waals surface area contributed by atoms with Crippen molar-refractivity contribution in [2.75, 3.05) is 32.9 Å². The minimum atomic E-state index is -0.0846. The third-order valence-corrected chi connectivity index (χ3v) is 3.17. The van der Waals surface area contributed by atoms with Crippen molar-refractivity contribution < 1.29 is 9.47 Å². The minimum Gasteiger partial charge on any atom is -0.377 e. The molecule has 0 radical (unpaired) electrons. The zero-order valence-corrected chi connectivity index (χ0v) is 12.1. The lowest BCUT2D eigenvalue weighted by molar-refractivity contribution is -0.0169. The van der Waals surface area contributed by atoms with Crippen LogP contribution < -0.4 is 11.5 Å². The highest BCUT2D eigenvalue weighted by atomic mass is 79.9. The number of hydrogen-bond donors (Lipinski definition) is 2. The molecule has 0 aliphatic rings. The van der Waals surface area contributed by atoms with Crippen molar-refractivity contribution >= 4 is 15.9 Å². The van der Waals surface area contributed by atoms with Gasteiger partial charge in [0.2, 0.25) is 0 Å². The SMILES string of the molecule is NCCCOC(COCCN)c1ccccc1Br. The van der Waals surface area contributed by atoms with Crippen LogP contribution in [0.1, 0.15) is 18.1 Å². The lowest BCUT2D eigenvalue weighted by Gasteiger charge is -2.19. The monoisotopic (exact) mass is 316 g/mol. The average Bonchev–Trinajstić information content (AvgIpc) is 2.38. The summed E-state index contributed by atoms with van der Waals surface area (Å²) in [4.78, 5) is 0. The Balaban J connectivity index is 2.60. The zero-order valence-electron chi connectivity index (χ0n) is 10.5. The van der Waals surface area contributed by atoms with Crippen molar-refractivity contribution in [3.8, 4) is 0 Å². The molecule has 0 saturated carbocycles. The summed E-state index contributed by atoms with van der Waals surface area (Å²) in [6, 6.07) is 7.99. The zero-order chi connectivity index (χ0) is 13.2. The van der Waals surface area contributed by atoms with E-state index in [4.69, 9.17) is 20.9 Å². The van der Waals surface area contributed by atoms with Gasteiger partial charge in [-0.15, -0.1) is 0 Å². The van der Waals surface area contributed by atoms with Gasteiger partial charge in [-0.2, -0.15) is 0 Å². The molecule has 4 N–H and O–H groups in total. The molecule has 0 spiro atoms. The Morgan fingerprint density at radius 1 is 1.11 bits per heavy atom. The second kappa shape index (κ2) is 9.47. The molecule has 5 heteroatoms. The van der Waals surface area contributed by atoms with Gasteiger partial charge in [0.25, 0.3) is 0 Å². The highest BCUT2D eigenvalue weighted by Gasteiger charge is 2.14. The molecule has 18 heavy (non-hydrogen) atoms. The van der Waals surface area contributed by atoms with Gasteiger partial charge in [0.05, 0.1) is 13.2 Å². The fourth-order valence-electron chi connectivity index (χ4n) is 1.55. The fraction of sp³-hybridized carbons (Fsp3) is 0.538. The second-order valence-electron chi connectivity index (χ2n) is 3.89. The van der Waals surface area contributed by atoms with Crippen LogP contribution in [0, 0.1) is 0 Å². The van der Waals surface area contributed by atoms with Crippen molar-refractivity contribution in [2.24, 2.45) is 11.5 Å². The third kappa shape index (κ3) is 5.46. The maximum Gasteiger partial charge on any atom is 0.107 e. The highest BCUT2D eigenvalue weighted by molar-refractivity contribution is 9.10. The molecule has 1 unspecified atom stereocenters. The van der Waals surface area contributed by atoms with E-state index in [1.54, 1.807) is 0 Å². The van der Waals surface area contributed by atoms with E-state index in [0.717, 1.165) is 16.5 Å². The van der Waals surface area contributed by atoms with Crippen LogP contribution in [-0.4, -0.2) is 32.9 Å². The Morgan fingerprint density at radius 2 is 1.89 bits per heavy atom. The largest absolute Gasteiger partial charge is 0.377 e. The van der Waals surface area contributed by atoms with Gasteiger partial charge >= 0.3 is 0 Å². The Kier molecular flexibility index (Phi) is 8.20. The summed E-state index contributed by atoms with van der Waals surface area (Å²) < 4.78 is 12.3. The first-order valence-corrected chi connectivity index (χ1v) is 6.92. The van der Waals surface area contributed by atoms with Gasteiger partial charge in [-0.05, 0) is 24.6 Å². The van der Waals surface area contributed by atoms with Crippen LogP contribution in [0.4, 0.5) is 0 Å². The maximum atomic E-state index is 5.82. The third-order valence-electron chi connectivity index (χ3n) is 2.45. The highest BCUT2D eigenvalue weighted by Crippen LogP contribution is 2.26. The van der Waals surface area contributed by atoms with Gasteiger partial charge in [-0.3, -0.25) is 0 Å². The van der Waals surface area contributed by atoms with E-state index in [1.807, 2.05) is 24.3 Å². The predicted octanol–water partition coefficient (Wildman–Crippen LogP) is 1.83. The number of rotatable bonds is 9. The molecule has 0 aromatic heterocycles. The average molecular weight is 317 g/mol. The first kappa shape index (κ1) is 15.6.